The molecule has 0 aromatic heterocycles. The van der Waals surface area contributed by atoms with Crippen LogP contribution in [0.1, 0.15) is 24.4 Å². The molecule has 2 aromatic rings. The van der Waals surface area contributed by atoms with Crippen molar-refractivity contribution in [1.29, 1.82) is 0 Å². The summed E-state index contributed by atoms with van der Waals surface area (Å²) in [4.78, 5) is 16.9. The number of nitrogens with one attached hydrogen (secondary N) is 1. The minimum Gasteiger partial charge on any atom is -0.371 e. The summed E-state index contributed by atoms with van der Waals surface area (Å²) >= 11 is 0. The number of hydrogen-bond donors (Lipinski definition) is 1. The van der Waals surface area contributed by atoms with Crippen LogP contribution in [-0.2, 0) is 4.79 Å². The zero-order valence-electron chi connectivity index (χ0n) is 15.7. The monoisotopic (exact) mass is 373 g/mol. The molecule has 1 fully saturated rings. The molecule has 0 saturated carbocycles. The van der Waals surface area contributed by atoms with E-state index in [1.165, 1.54) is 24.3 Å². The van der Waals surface area contributed by atoms with Crippen molar-refractivity contribution in [3.8, 4) is 0 Å². The van der Waals surface area contributed by atoms with Crippen LogP contribution in [0.25, 0.3) is 0 Å². The molecule has 2 aromatic carbocycles. The van der Waals surface area contributed by atoms with E-state index in [-0.39, 0.29) is 23.6 Å². The summed E-state index contributed by atoms with van der Waals surface area (Å²) in [6.07, 6.45) is 1.65. The highest BCUT2D eigenvalue weighted by Gasteiger charge is 2.27. The van der Waals surface area contributed by atoms with Gasteiger partial charge in [0.15, 0.2) is 0 Å². The van der Waals surface area contributed by atoms with E-state index in [9.17, 15) is 13.6 Å². The van der Waals surface area contributed by atoms with Gasteiger partial charge in [-0.15, -0.1) is 0 Å². The standard InChI is InChI=1S/C21H25F2N3O/c1-25(2)20(15-3-5-16(22)6-4-15)21(27)24-18-11-13-26(14-12-18)19-9-7-17(23)8-10-19/h3-10,18,20H,11-14H2,1-2H3,(H,24,27). The maximum Gasteiger partial charge on any atom is 0.242 e. The Bertz CT molecular complexity index is 754. The second kappa shape index (κ2) is 8.48. The summed E-state index contributed by atoms with van der Waals surface area (Å²) in [6, 6.07) is 12.2. The number of nitrogens with zero attached hydrogens (tertiary/aromatic N) is 2. The number of likely N-dealkylation sites (N-methyl/N-ethyl adjacent to an activating group) is 1. The minimum absolute atomic E-state index is 0.0770. The first kappa shape index (κ1) is 19.3. The van der Waals surface area contributed by atoms with Crippen molar-refractivity contribution in [2.24, 2.45) is 0 Å². The predicted octanol–water partition coefficient (Wildman–Crippen LogP) is 3.35. The largest absolute Gasteiger partial charge is 0.371 e. The number of amides is 1. The lowest BCUT2D eigenvalue weighted by Crippen LogP contribution is -2.47. The molecule has 4 nitrogen and oxygen atoms in total. The van der Waals surface area contributed by atoms with Crippen LogP contribution in [0.15, 0.2) is 48.5 Å². The fourth-order valence-electron chi connectivity index (χ4n) is 3.54. The number of piperidine rings is 1. The van der Waals surface area contributed by atoms with E-state index < -0.39 is 6.04 Å². The first-order valence-corrected chi connectivity index (χ1v) is 9.17. The predicted molar refractivity (Wildman–Crippen MR) is 103 cm³/mol. The van der Waals surface area contributed by atoms with Gasteiger partial charge in [-0.1, -0.05) is 12.1 Å². The molecular formula is C21H25F2N3O. The summed E-state index contributed by atoms with van der Waals surface area (Å²) in [5, 5.41) is 3.13. The molecule has 1 heterocycles. The Morgan fingerprint density at radius 3 is 2.04 bits per heavy atom. The maximum absolute atomic E-state index is 13.2. The Hall–Kier alpha value is -2.47. The number of anilines is 1. The first-order valence-electron chi connectivity index (χ1n) is 9.17. The lowest BCUT2D eigenvalue weighted by Gasteiger charge is -2.35. The van der Waals surface area contributed by atoms with E-state index in [4.69, 9.17) is 0 Å². The second-order valence-electron chi connectivity index (χ2n) is 7.16. The zero-order chi connectivity index (χ0) is 19.4. The van der Waals surface area contributed by atoms with Crippen LogP contribution in [0.2, 0.25) is 0 Å². The molecular weight excluding hydrogens is 348 g/mol. The molecule has 3 rings (SSSR count). The van der Waals surface area contributed by atoms with E-state index >= 15 is 0 Å². The Morgan fingerprint density at radius 1 is 1.00 bits per heavy atom. The SMILES string of the molecule is CN(C)C(C(=O)NC1CCN(c2ccc(F)cc2)CC1)c1ccc(F)cc1. The van der Waals surface area contributed by atoms with Crippen molar-refractivity contribution in [2.75, 3.05) is 32.1 Å². The fourth-order valence-corrected chi connectivity index (χ4v) is 3.54. The van der Waals surface area contributed by atoms with Gasteiger partial charge in [-0.25, -0.2) is 8.78 Å². The number of hydrogen-bond acceptors (Lipinski definition) is 3. The van der Waals surface area contributed by atoms with E-state index in [1.54, 1.807) is 24.3 Å². The zero-order valence-corrected chi connectivity index (χ0v) is 15.7. The van der Waals surface area contributed by atoms with Gasteiger partial charge in [0.2, 0.25) is 5.91 Å². The number of benzene rings is 2. The number of carbonyl (C=O) groups excluding carboxylic acids is 1. The summed E-state index contributed by atoms with van der Waals surface area (Å²) in [6.45, 7) is 1.61. The Balaban J connectivity index is 1.59. The molecule has 0 aliphatic carbocycles. The Labute approximate surface area is 158 Å². The van der Waals surface area contributed by atoms with Crippen LogP contribution in [0.5, 0.6) is 0 Å². The summed E-state index contributed by atoms with van der Waals surface area (Å²) in [5.41, 5.74) is 1.77. The van der Waals surface area contributed by atoms with Gasteiger partial charge in [-0.2, -0.15) is 0 Å². The van der Waals surface area contributed by atoms with E-state index in [1.807, 2.05) is 19.0 Å². The van der Waals surface area contributed by atoms with Gasteiger partial charge >= 0.3 is 0 Å². The topological polar surface area (TPSA) is 35.6 Å². The molecule has 27 heavy (non-hydrogen) atoms. The van der Waals surface area contributed by atoms with Crippen LogP contribution in [0.4, 0.5) is 14.5 Å². The second-order valence-corrected chi connectivity index (χ2v) is 7.16. The minimum atomic E-state index is -0.458. The normalized spacial score (nSPS) is 16.4. The number of halogens is 2. The van der Waals surface area contributed by atoms with Crippen LogP contribution >= 0.6 is 0 Å². The third-order valence-electron chi connectivity index (χ3n) is 4.98. The van der Waals surface area contributed by atoms with E-state index in [0.717, 1.165) is 37.2 Å². The first-order chi connectivity index (χ1) is 12.9. The molecule has 1 unspecified atom stereocenters. The molecule has 1 aliphatic rings. The molecule has 144 valence electrons. The van der Waals surface area contributed by atoms with Gasteiger partial charge in [0.1, 0.15) is 17.7 Å². The van der Waals surface area contributed by atoms with Gasteiger partial charge in [-0.05, 0) is 68.9 Å². The smallest absolute Gasteiger partial charge is 0.242 e. The number of carbonyl (C=O) groups is 1. The molecule has 0 bridgehead atoms. The van der Waals surface area contributed by atoms with Crippen molar-refractivity contribution in [1.82, 2.24) is 10.2 Å². The molecule has 0 radical (unpaired) electrons. The van der Waals surface area contributed by atoms with E-state index in [2.05, 4.69) is 10.2 Å². The molecule has 6 heteroatoms. The highest BCUT2D eigenvalue weighted by Crippen LogP contribution is 2.23. The van der Waals surface area contributed by atoms with Gasteiger partial charge in [0.25, 0.3) is 0 Å². The van der Waals surface area contributed by atoms with Crippen LogP contribution < -0.4 is 10.2 Å². The van der Waals surface area contributed by atoms with Crippen molar-refractivity contribution in [3.63, 3.8) is 0 Å². The van der Waals surface area contributed by atoms with Gasteiger partial charge < -0.3 is 10.2 Å². The molecule has 0 spiro atoms. The third kappa shape index (κ3) is 4.83. The average molecular weight is 373 g/mol. The molecule has 1 saturated heterocycles. The van der Waals surface area contributed by atoms with Gasteiger partial charge in [-0.3, -0.25) is 9.69 Å². The summed E-state index contributed by atoms with van der Waals surface area (Å²) in [7, 11) is 3.68. The van der Waals surface area contributed by atoms with Crippen LogP contribution in [0.3, 0.4) is 0 Å². The fraction of sp³-hybridized carbons (Fsp3) is 0.381. The van der Waals surface area contributed by atoms with Crippen molar-refractivity contribution in [3.05, 3.63) is 65.7 Å². The Kier molecular flexibility index (Phi) is 6.06. The molecule has 1 aliphatic heterocycles. The summed E-state index contributed by atoms with van der Waals surface area (Å²) in [5.74, 6) is -0.631. The van der Waals surface area contributed by atoms with Crippen LogP contribution in [-0.4, -0.2) is 44.0 Å². The third-order valence-corrected chi connectivity index (χ3v) is 4.98. The van der Waals surface area contributed by atoms with Gasteiger partial charge in [0.05, 0.1) is 0 Å². The highest BCUT2D eigenvalue weighted by atomic mass is 19.1. The molecule has 1 amide bonds. The summed E-state index contributed by atoms with van der Waals surface area (Å²) < 4.78 is 26.3. The lowest BCUT2D eigenvalue weighted by atomic mass is 10.0. The highest BCUT2D eigenvalue weighted by molar-refractivity contribution is 5.83. The quantitative estimate of drug-likeness (QED) is 0.873. The molecule has 1 atom stereocenters. The maximum atomic E-state index is 13.2. The lowest BCUT2D eigenvalue weighted by molar-refractivity contribution is -0.126. The Morgan fingerprint density at radius 2 is 1.52 bits per heavy atom. The number of rotatable bonds is 5. The average Bonchev–Trinajstić information content (AvgIpc) is 2.65. The van der Waals surface area contributed by atoms with Crippen molar-refractivity contribution >= 4 is 11.6 Å². The van der Waals surface area contributed by atoms with Gasteiger partial charge in [0, 0.05) is 24.8 Å². The molecule has 1 N–H and O–H groups in total. The van der Waals surface area contributed by atoms with Crippen molar-refractivity contribution < 1.29 is 13.6 Å². The van der Waals surface area contributed by atoms with Crippen LogP contribution in [0, 0.1) is 11.6 Å². The van der Waals surface area contributed by atoms with E-state index in [0.29, 0.717) is 0 Å². The van der Waals surface area contributed by atoms with Crippen molar-refractivity contribution in [2.45, 2.75) is 24.9 Å².